The van der Waals surface area contributed by atoms with Crippen LogP contribution < -0.4 is 9.64 Å². The molecule has 0 aliphatic carbocycles. The maximum absolute atomic E-state index is 13.8. The van der Waals surface area contributed by atoms with Gasteiger partial charge in [-0.2, -0.15) is 13.2 Å². The Morgan fingerprint density at radius 2 is 1.95 bits per heavy atom. The van der Waals surface area contributed by atoms with E-state index in [1.165, 1.54) is 23.4 Å². The number of carbonyl (C=O) groups excluding carboxylic acids is 1. The molecule has 5 rings (SSSR count). The zero-order valence-electron chi connectivity index (χ0n) is 20.1. The summed E-state index contributed by atoms with van der Waals surface area (Å²) in [4.78, 5) is 29.3. The first kappa shape index (κ1) is 24.9. The van der Waals surface area contributed by atoms with Crippen LogP contribution in [0.2, 0.25) is 0 Å². The van der Waals surface area contributed by atoms with Crippen LogP contribution in [0.4, 0.5) is 19.0 Å². The smallest absolute Gasteiger partial charge is 0.433 e. The van der Waals surface area contributed by atoms with Gasteiger partial charge < -0.3 is 24.4 Å². The molecule has 0 radical (unpaired) electrons. The number of aliphatic hydroxyl groups is 1. The highest BCUT2D eigenvalue weighted by Gasteiger charge is 2.53. The van der Waals surface area contributed by atoms with E-state index in [-0.39, 0.29) is 36.8 Å². The van der Waals surface area contributed by atoms with Gasteiger partial charge in [-0.05, 0) is 36.6 Å². The van der Waals surface area contributed by atoms with E-state index >= 15 is 0 Å². The molecule has 0 saturated carbocycles. The van der Waals surface area contributed by atoms with Gasteiger partial charge >= 0.3 is 6.18 Å². The van der Waals surface area contributed by atoms with Gasteiger partial charge in [-0.3, -0.25) is 14.8 Å². The second kappa shape index (κ2) is 9.60. The third-order valence-corrected chi connectivity index (χ3v) is 6.20. The molecule has 1 saturated heterocycles. The molecule has 2 unspecified atom stereocenters. The standard InChI is InChI=1S/C25H24F3N5O4/c1-14-8-16(12-29-10-14)36-18-13-31-21-20(17(18)9-15-4-5-19(30-11-15)25(26,27)28)22(35)33(6-3-7-34)24-23(37-24)32(21)2/h4-5,8,10-13,23-24,34H,3,6-7,9H2,1-2H3. The number of rotatable bonds is 7. The number of likely N-dealkylation sites (N-methyl/N-ethyl adjacent to an activating group) is 1. The zero-order valence-corrected chi connectivity index (χ0v) is 20.1. The lowest BCUT2D eigenvalue weighted by molar-refractivity contribution is -0.141. The Hall–Kier alpha value is -3.77. The molecule has 0 bridgehead atoms. The van der Waals surface area contributed by atoms with E-state index in [1.54, 1.807) is 24.2 Å². The van der Waals surface area contributed by atoms with Crippen molar-refractivity contribution in [3.8, 4) is 11.5 Å². The van der Waals surface area contributed by atoms with E-state index in [0.29, 0.717) is 29.1 Å². The summed E-state index contributed by atoms with van der Waals surface area (Å²) in [5.41, 5.74) is 1.01. The van der Waals surface area contributed by atoms with Crippen molar-refractivity contribution in [1.82, 2.24) is 19.9 Å². The fourth-order valence-corrected chi connectivity index (χ4v) is 4.34. The molecule has 5 heterocycles. The summed E-state index contributed by atoms with van der Waals surface area (Å²) >= 11 is 0. The molecule has 0 spiro atoms. The third-order valence-electron chi connectivity index (χ3n) is 6.20. The fourth-order valence-electron chi connectivity index (χ4n) is 4.34. The molecule has 12 heteroatoms. The van der Waals surface area contributed by atoms with Crippen LogP contribution in [0.3, 0.4) is 0 Å². The Morgan fingerprint density at radius 1 is 1.14 bits per heavy atom. The van der Waals surface area contributed by atoms with E-state index in [0.717, 1.165) is 17.8 Å². The number of alkyl halides is 3. The number of pyridine rings is 3. The minimum absolute atomic E-state index is 0.0637. The molecule has 194 valence electrons. The number of aryl methyl sites for hydroxylation is 1. The highest BCUT2D eigenvalue weighted by molar-refractivity contribution is 6.02. The largest absolute Gasteiger partial charge is 0.454 e. The zero-order chi connectivity index (χ0) is 26.3. The van der Waals surface area contributed by atoms with Crippen molar-refractivity contribution >= 4 is 11.7 Å². The molecule has 1 amide bonds. The Kier molecular flexibility index (Phi) is 6.46. The maximum Gasteiger partial charge on any atom is 0.433 e. The summed E-state index contributed by atoms with van der Waals surface area (Å²) in [6.45, 7) is 2.02. The number of ether oxygens (including phenoxy) is 2. The average molecular weight is 515 g/mol. The maximum atomic E-state index is 13.8. The number of aliphatic hydroxyl groups excluding tert-OH is 1. The van der Waals surface area contributed by atoms with Gasteiger partial charge in [0.25, 0.3) is 5.91 Å². The van der Waals surface area contributed by atoms with Crippen LogP contribution in [0.1, 0.15) is 39.2 Å². The predicted octanol–water partition coefficient (Wildman–Crippen LogP) is 3.54. The SMILES string of the molecule is Cc1cncc(Oc2cnc3c(c2Cc2ccc(C(F)(F)F)nc2)C(=O)N(CCCO)C2OC2N3C)c1. The monoisotopic (exact) mass is 515 g/mol. The quantitative estimate of drug-likeness (QED) is 0.477. The van der Waals surface area contributed by atoms with E-state index in [2.05, 4.69) is 15.0 Å². The first-order valence-corrected chi connectivity index (χ1v) is 11.6. The van der Waals surface area contributed by atoms with Gasteiger partial charge in [0.2, 0.25) is 0 Å². The highest BCUT2D eigenvalue weighted by atomic mass is 19.4. The van der Waals surface area contributed by atoms with Crippen LogP contribution in [0.5, 0.6) is 11.5 Å². The summed E-state index contributed by atoms with van der Waals surface area (Å²) in [5.74, 6) is 0.696. The van der Waals surface area contributed by atoms with Gasteiger partial charge in [-0.15, -0.1) is 0 Å². The summed E-state index contributed by atoms with van der Waals surface area (Å²) in [6, 6.07) is 4.01. The van der Waals surface area contributed by atoms with Crippen LogP contribution >= 0.6 is 0 Å². The molecule has 37 heavy (non-hydrogen) atoms. The minimum atomic E-state index is -4.56. The molecular weight excluding hydrogens is 491 g/mol. The fraction of sp³-hybridized carbons (Fsp3) is 0.360. The number of amides is 1. The van der Waals surface area contributed by atoms with Crippen molar-refractivity contribution in [2.24, 2.45) is 0 Å². The van der Waals surface area contributed by atoms with Crippen LogP contribution in [-0.4, -0.2) is 63.5 Å². The molecule has 9 nitrogen and oxygen atoms in total. The molecule has 3 aromatic rings. The predicted molar refractivity (Wildman–Crippen MR) is 125 cm³/mol. The Balaban J connectivity index is 1.61. The number of epoxide rings is 1. The molecule has 2 aliphatic heterocycles. The highest BCUT2D eigenvalue weighted by Crippen LogP contribution is 2.42. The summed E-state index contributed by atoms with van der Waals surface area (Å²) in [5, 5.41) is 9.35. The van der Waals surface area contributed by atoms with Gasteiger partial charge in [0, 0.05) is 44.6 Å². The molecule has 2 atom stereocenters. The molecule has 0 aromatic carbocycles. The second-order valence-corrected chi connectivity index (χ2v) is 8.93. The molecule has 3 aromatic heterocycles. The summed E-state index contributed by atoms with van der Waals surface area (Å²) in [6.07, 6.45) is 0.775. The Labute approximate surface area is 210 Å². The van der Waals surface area contributed by atoms with Crippen molar-refractivity contribution < 1.29 is 32.5 Å². The molecule has 1 fully saturated rings. The van der Waals surface area contributed by atoms with Crippen molar-refractivity contribution in [3.63, 3.8) is 0 Å². The second-order valence-electron chi connectivity index (χ2n) is 8.93. The number of hydrogen-bond donors (Lipinski definition) is 1. The van der Waals surface area contributed by atoms with Crippen molar-refractivity contribution in [2.45, 2.75) is 38.4 Å². The number of nitrogens with zero attached hydrogens (tertiary/aromatic N) is 5. The number of halogens is 3. The summed E-state index contributed by atoms with van der Waals surface area (Å²) in [7, 11) is 1.76. The first-order chi connectivity index (χ1) is 17.7. The minimum Gasteiger partial charge on any atom is -0.454 e. The lowest BCUT2D eigenvalue weighted by Crippen LogP contribution is -2.36. The van der Waals surface area contributed by atoms with Crippen LogP contribution in [-0.2, 0) is 17.3 Å². The lowest BCUT2D eigenvalue weighted by atomic mass is 9.99. The number of fused-ring (bicyclic) bond motifs is 2. The van der Waals surface area contributed by atoms with Crippen LogP contribution in [0.25, 0.3) is 0 Å². The van der Waals surface area contributed by atoms with Gasteiger partial charge in [0.15, 0.2) is 12.5 Å². The average Bonchev–Trinajstić information content (AvgIpc) is 3.65. The Morgan fingerprint density at radius 3 is 2.62 bits per heavy atom. The number of aromatic nitrogens is 3. The number of anilines is 1. The van der Waals surface area contributed by atoms with Gasteiger partial charge in [0.05, 0.1) is 18.0 Å². The molecule has 1 N–H and O–H groups in total. The molecular formula is C25H24F3N5O4. The van der Waals surface area contributed by atoms with E-state index in [9.17, 15) is 23.1 Å². The van der Waals surface area contributed by atoms with Gasteiger partial charge in [-0.1, -0.05) is 6.07 Å². The molecule has 2 aliphatic rings. The summed E-state index contributed by atoms with van der Waals surface area (Å²) < 4.78 is 51.0. The topological polar surface area (TPSA) is 104 Å². The van der Waals surface area contributed by atoms with Crippen molar-refractivity contribution in [1.29, 1.82) is 0 Å². The normalized spacial score (nSPS) is 18.8. The van der Waals surface area contributed by atoms with E-state index < -0.39 is 24.3 Å². The van der Waals surface area contributed by atoms with Crippen molar-refractivity contribution in [3.05, 3.63) is 70.9 Å². The number of carbonyl (C=O) groups is 1. The van der Waals surface area contributed by atoms with Crippen LogP contribution in [0.15, 0.2) is 43.0 Å². The van der Waals surface area contributed by atoms with Crippen LogP contribution in [0, 0.1) is 6.92 Å². The Bertz CT molecular complexity index is 1320. The van der Waals surface area contributed by atoms with Gasteiger partial charge in [-0.25, -0.2) is 4.98 Å². The van der Waals surface area contributed by atoms with E-state index in [1.807, 2.05) is 6.92 Å². The lowest BCUT2D eigenvalue weighted by Gasteiger charge is -2.23. The third kappa shape index (κ3) is 4.94. The van der Waals surface area contributed by atoms with E-state index in [4.69, 9.17) is 9.47 Å². The number of hydrogen-bond acceptors (Lipinski definition) is 8. The first-order valence-electron chi connectivity index (χ1n) is 11.6. The van der Waals surface area contributed by atoms with Crippen molar-refractivity contribution in [2.75, 3.05) is 25.1 Å². The van der Waals surface area contributed by atoms with Gasteiger partial charge in [0.1, 0.15) is 23.0 Å².